The van der Waals surface area contributed by atoms with Crippen molar-refractivity contribution in [1.29, 1.82) is 0 Å². The minimum atomic E-state index is -0.306. The van der Waals surface area contributed by atoms with Crippen molar-refractivity contribution in [2.75, 3.05) is 5.32 Å². The molecule has 5 heteroatoms. The molecule has 0 unspecified atom stereocenters. The minimum Gasteiger partial charge on any atom is -0.459 e. The number of hydrogen-bond donors (Lipinski definition) is 1. The van der Waals surface area contributed by atoms with Crippen LogP contribution in [-0.4, -0.2) is 18.0 Å². The van der Waals surface area contributed by atoms with Crippen LogP contribution in [0.3, 0.4) is 0 Å². The molecule has 1 aliphatic rings. The lowest BCUT2D eigenvalue weighted by Crippen LogP contribution is -2.21. The number of carbonyl (C=O) groups excluding carboxylic acids is 2. The van der Waals surface area contributed by atoms with Gasteiger partial charge in [0.25, 0.3) is 5.91 Å². The van der Waals surface area contributed by atoms with E-state index in [1.807, 2.05) is 19.1 Å². The highest BCUT2D eigenvalue weighted by molar-refractivity contribution is 6.06. The van der Waals surface area contributed by atoms with Crippen LogP contribution in [0.25, 0.3) is 11.0 Å². The minimum absolute atomic E-state index is 0.0231. The van der Waals surface area contributed by atoms with Gasteiger partial charge in [-0.15, -0.1) is 0 Å². The van der Waals surface area contributed by atoms with Gasteiger partial charge in [-0.1, -0.05) is 19.4 Å². The van der Waals surface area contributed by atoms with Crippen molar-refractivity contribution in [3.8, 4) is 0 Å². The van der Waals surface area contributed by atoms with Crippen molar-refractivity contribution in [2.45, 2.75) is 58.5 Å². The van der Waals surface area contributed by atoms with Gasteiger partial charge in [-0.3, -0.25) is 4.79 Å². The monoisotopic (exact) mass is 405 g/mol. The van der Waals surface area contributed by atoms with Crippen molar-refractivity contribution in [3.05, 3.63) is 64.9 Å². The number of rotatable bonds is 5. The molecule has 30 heavy (non-hydrogen) atoms. The highest BCUT2D eigenvalue weighted by Crippen LogP contribution is 2.27. The van der Waals surface area contributed by atoms with Gasteiger partial charge in [-0.2, -0.15) is 0 Å². The zero-order valence-electron chi connectivity index (χ0n) is 17.5. The van der Waals surface area contributed by atoms with Crippen molar-refractivity contribution in [3.63, 3.8) is 0 Å². The maximum atomic E-state index is 12.7. The summed E-state index contributed by atoms with van der Waals surface area (Å²) in [5.74, 6) is -0.307. The molecule has 5 nitrogen and oxygen atoms in total. The summed E-state index contributed by atoms with van der Waals surface area (Å²) in [7, 11) is 0. The molecule has 1 aromatic heterocycles. The van der Waals surface area contributed by atoms with Crippen LogP contribution in [0.1, 0.15) is 71.1 Å². The Morgan fingerprint density at radius 3 is 2.50 bits per heavy atom. The largest absolute Gasteiger partial charge is 0.459 e. The second-order valence-electron chi connectivity index (χ2n) is 7.94. The van der Waals surface area contributed by atoms with Gasteiger partial charge >= 0.3 is 5.97 Å². The summed E-state index contributed by atoms with van der Waals surface area (Å²) >= 11 is 0. The Kier molecular flexibility index (Phi) is 5.88. The lowest BCUT2D eigenvalue weighted by Gasteiger charge is -2.21. The maximum absolute atomic E-state index is 12.7. The molecule has 156 valence electrons. The molecule has 2 aromatic carbocycles. The summed E-state index contributed by atoms with van der Waals surface area (Å²) in [6.07, 6.45) is 6.28. The molecule has 1 amide bonds. The molecule has 1 saturated carbocycles. The summed E-state index contributed by atoms with van der Waals surface area (Å²) in [6, 6.07) is 12.8. The number of furan rings is 1. The lowest BCUT2D eigenvalue weighted by atomic mass is 9.98. The number of amides is 1. The summed E-state index contributed by atoms with van der Waals surface area (Å²) in [6.45, 7) is 3.99. The van der Waals surface area contributed by atoms with Gasteiger partial charge in [0.15, 0.2) is 5.76 Å². The van der Waals surface area contributed by atoms with E-state index >= 15 is 0 Å². The van der Waals surface area contributed by atoms with Gasteiger partial charge in [0.1, 0.15) is 11.7 Å². The first-order valence-electron chi connectivity index (χ1n) is 10.7. The van der Waals surface area contributed by atoms with E-state index in [0.29, 0.717) is 22.6 Å². The number of anilines is 1. The molecule has 1 heterocycles. The average Bonchev–Trinajstić information content (AvgIpc) is 3.11. The molecule has 0 saturated heterocycles. The number of fused-ring (bicyclic) bond motifs is 1. The zero-order chi connectivity index (χ0) is 21.1. The number of aryl methyl sites for hydroxylation is 2. The van der Waals surface area contributed by atoms with Gasteiger partial charge in [-0.25, -0.2) is 4.79 Å². The van der Waals surface area contributed by atoms with Gasteiger partial charge in [0, 0.05) is 16.6 Å². The third-order valence-electron chi connectivity index (χ3n) is 5.82. The Morgan fingerprint density at radius 2 is 1.80 bits per heavy atom. The molecule has 1 fully saturated rings. The second kappa shape index (κ2) is 8.74. The molecule has 0 atom stereocenters. The van der Waals surface area contributed by atoms with E-state index in [2.05, 4.69) is 18.3 Å². The molecule has 3 aromatic rings. The van der Waals surface area contributed by atoms with Crippen LogP contribution >= 0.6 is 0 Å². The van der Waals surface area contributed by atoms with Crippen LogP contribution in [0.5, 0.6) is 0 Å². The lowest BCUT2D eigenvalue weighted by molar-refractivity contribution is 0.0211. The molecule has 0 aliphatic heterocycles. The van der Waals surface area contributed by atoms with E-state index in [-0.39, 0.29) is 18.0 Å². The van der Waals surface area contributed by atoms with Crippen LogP contribution in [0.2, 0.25) is 0 Å². The molecule has 0 spiro atoms. The fourth-order valence-corrected chi connectivity index (χ4v) is 3.98. The smallest absolute Gasteiger partial charge is 0.338 e. The van der Waals surface area contributed by atoms with Crippen LogP contribution in [-0.2, 0) is 11.2 Å². The SMILES string of the molecule is CCc1ccc2oc(C(=O)Nc3ccc(C(=O)OC4CCCCC4)cc3)c(C)c2c1. The van der Waals surface area contributed by atoms with E-state index in [1.165, 1.54) is 12.0 Å². The van der Waals surface area contributed by atoms with Crippen molar-refractivity contribution in [1.82, 2.24) is 0 Å². The van der Waals surface area contributed by atoms with Crippen LogP contribution in [0, 0.1) is 6.92 Å². The number of esters is 1. The number of benzene rings is 2. The van der Waals surface area contributed by atoms with Crippen molar-refractivity contribution < 1.29 is 18.7 Å². The maximum Gasteiger partial charge on any atom is 0.338 e. The fraction of sp³-hybridized carbons (Fsp3) is 0.360. The second-order valence-corrected chi connectivity index (χ2v) is 7.94. The predicted molar refractivity (Wildman–Crippen MR) is 117 cm³/mol. The third kappa shape index (κ3) is 4.25. The Morgan fingerprint density at radius 1 is 1.07 bits per heavy atom. The molecule has 0 bridgehead atoms. The first-order chi connectivity index (χ1) is 14.5. The Balaban J connectivity index is 1.44. The number of ether oxygens (including phenoxy) is 1. The molecular formula is C25H27NO4. The van der Waals surface area contributed by atoms with Crippen LogP contribution in [0.15, 0.2) is 46.9 Å². The van der Waals surface area contributed by atoms with Crippen molar-refractivity contribution in [2.24, 2.45) is 0 Å². The molecule has 1 aliphatic carbocycles. The summed E-state index contributed by atoms with van der Waals surface area (Å²) in [5.41, 5.74) is 3.82. The van der Waals surface area contributed by atoms with Gasteiger partial charge in [0.05, 0.1) is 5.56 Å². The molecule has 1 N–H and O–H groups in total. The normalized spacial score (nSPS) is 14.6. The first-order valence-corrected chi connectivity index (χ1v) is 10.7. The first kappa shape index (κ1) is 20.2. The quantitative estimate of drug-likeness (QED) is 0.525. The highest BCUT2D eigenvalue weighted by Gasteiger charge is 2.20. The van der Waals surface area contributed by atoms with E-state index in [9.17, 15) is 9.59 Å². The Labute approximate surface area is 176 Å². The Hall–Kier alpha value is -3.08. The van der Waals surface area contributed by atoms with E-state index < -0.39 is 0 Å². The number of carbonyl (C=O) groups is 2. The Bertz CT molecular complexity index is 1060. The van der Waals surface area contributed by atoms with Crippen LogP contribution < -0.4 is 5.32 Å². The fourth-order valence-electron chi connectivity index (χ4n) is 3.98. The van der Waals surface area contributed by atoms with Gasteiger partial charge < -0.3 is 14.5 Å². The van der Waals surface area contributed by atoms with Crippen LogP contribution in [0.4, 0.5) is 5.69 Å². The zero-order valence-corrected chi connectivity index (χ0v) is 17.5. The molecular weight excluding hydrogens is 378 g/mol. The number of hydrogen-bond acceptors (Lipinski definition) is 4. The standard InChI is InChI=1S/C25H27NO4/c1-3-17-9-14-22-21(15-17)16(2)23(30-22)24(27)26-19-12-10-18(11-13-19)25(28)29-20-7-5-4-6-8-20/h9-15,20H,3-8H2,1-2H3,(H,26,27). The topological polar surface area (TPSA) is 68.5 Å². The molecule has 0 radical (unpaired) electrons. The summed E-state index contributed by atoms with van der Waals surface area (Å²) in [5, 5.41) is 3.81. The molecule has 4 rings (SSSR count). The summed E-state index contributed by atoms with van der Waals surface area (Å²) in [4.78, 5) is 25.1. The average molecular weight is 405 g/mol. The predicted octanol–water partition coefficient (Wildman–Crippen LogP) is 6.05. The van der Waals surface area contributed by atoms with E-state index in [0.717, 1.165) is 43.1 Å². The van der Waals surface area contributed by atoms with Gasteiger partial charge in [0.2, 0.25) is 0 Å². The number of nitrogens with one attached hydrogen (secondary N) is 1. The third-order valence-corrected chi connectivity index (χ3v) is 5.82. The van der Waals surface area contributed by atoms with E-state index in [4.69, 9.17) is 9.15 Å². The highest BCUT2D eigenvalue weighted by atomic mass is 16.5. The van der Waals surface area contributed by atoms with E-state index in [1.54, 1.807) is 24.3 Å². The summed E-state index contributed by atoms with van der Waals surface area (Å²) < 4.78 is 11.4. The van der Waals surface area contributed by atoms with Crippen molar-refractivity contribution >= 4 is 28.5 Å². The van der Waals surface area contributed by atoms with Gasteiger partial charge in [-0.05, 0) is 81.0 Å².